The van der Waals surface area contributed by atoms with Gasteiger partial charge in [-0.3, -0.25) is 9.59 Å². The lowest BCUT2D eigenvalue weighted by molar-refractivity contribution is -0.117. The van der Waals surface area contributed by atoms with E-state index in [0.717, 1.165) is 0 Å². The number of benzene rings is 1. The highest BCUT2D eigenvalue weighted by Gasteiger charge is 2.32. The Labute approximate surface area is 130 Å². The van der Waals surface area contributed by atoms with E-state index in [1.54, 1.807) is 0 Å². The molecule has 1 saturated heterocycles. The molecule has 0 spiro atoms. The monoisotopic (exact) mass is 335 g/mol. The van der Waals surface area contributed by atoms with Crippen molar-refractivity contribution in [3.63, 3.8) is 0 Å². The average molecular weight is 336 g/mol. The van der Waals surface area contributed by atoms with E-state index in [1.165, 1.54) is 35.7 Å². The van der Waals surface area contributed by atoms with E-state index in [2.05, 4.69) is 0 Å². The molecule has 1 atom stereocenters. The van der Waals surface area contributed by atoms with Gasteiger partial charge in [0.2, 0.25) is 5.91 Å². The molecule has 3 nitrogen and oxygen atoms in total. The molecule has 1 aromatic rings. The Hall–Kier alpha value is -0.780. The Kier molecular flexibility index (Phi) is 4.94. The number of anilines is 1. The summed E-state index contributed by atoms with van der Waals surface area (Å²) in [6.07, 6.45) is 0.334. The van der Waals surface area contributed by atoms with Crippen molar-refractivity contribution in [1.29, 1.82) is 0 Å². The second kappa shape index (κ2) is 6.33. The Bertz CT molecular complexity index is 568. The summed E-state index contributed by atoms with van der Waals surface area (Å²) in [5.74, 6) is -0.0972. The molecule has 1 aromatic carbocycles. The fraction of sp³-hybridized carbons (Fsp3) is 0.385. The standard InChI is InChI=1S/C13H12Cl2FNO2S/c1-7(18)20-6-8-2-13(19)17(5-8)12-4-11(16)9(14)3-10(12)15/h3-4,8H,2,5-6H2,1H3. The summed E-state index contributed by atoms with van der Waals surface area (Å²) >= 11 is 12.8. The molecule has 1 amide bonds. The van der Waals surface area contributed by atoms with Gasteiger partial charge in [-0.1, -0.05) is 35.0 Å². The maximum atomic E-state index is 13.5. The second-order valence-corrected chi connectivity index (χ2v) is 6.61. The van der Waals surface area contributed by atoms with Crippen molar-refractivity contribution in [2.75, 3.05) is 17.2 Å². The first-order valence-corrected chi connectivity index (χ1v) is 7.71. The van der Waals surface area contributed by atoms with Crippen LogP contribution in [0.3, 0.4) is 0 Å². The van der Waals surface area contributed by atoms with Crippen molar-refractivity contribution in [3.05, 3.63) is 28.0 Å². The number of hydrogen-bond donors (Lipinski definition) is 0. The fourth-order valence-electron chi connectivity index (χ4n) is 2.08. The summed E-state index contributed by atoms with van der Waals surface area (Å²) in [5.41, 5.74) is 0.328. The van der Waals surface area contributed by atoms with E-state index in [-0.39, 0.29) is 27.0 Å². The van der Waals surface area contributed by atoms with Gasteiger partial charge in [-0.25, -0.2) is 4.39 Å². The summed E-state index contributed by atoms with van der Waals surface area (Å²) in [4.78, 5) is 24.4. The molecule has 7 heteroatoms. The molecule has 20 heavy (non-hydrogen) atoms. The van der Waals surface area contributed by atoms with Gasteiger partial charge in [-0.2, -0.15) is 0 Å². The van der Waals surface area contributed by atoms with Gasteiger partial charge in [0.15, 0.2) is 5.12 Å². The third-order valence-corrected chi connectivity index (χ3v) is 4.64. The van der Waals surface area contributed by atoms with Gasteiger partial charge in [0.25, 0.3) is 0 Å². The SMILES string of the molecule is CC(=O)SCC1CC(=O)N(c2cc(F)c(Cl)cc2Cl)C1. The van der Waals surface area contributed by atoms with Crippen molar-refractivity contribution in [1.82, 2.24) is 0 Å². The predicted octanol–water partition coefficient (Wildman–Crippen LogP) is 3.77. The van der Waals surface area contributed by atoms with Gasteiger partial charge in [-0.05, 0) is 12.0 Å². The van der Waals surface area contributed by atoms with Gasteiger partial charge in [0.05, 0.1) is 15.7 Å². The van der Waals surface area contributed by atoms with Crippen LogP contribution in [0.5, 0.6) is 0 Å². The van der Waals surface area contributed by atoms with E-state index in [1.807, 2.05) is 0 Å². The minimum Gasteiger partial charge on any atom is -0.311 e. The molecule has 0 aliphatic carbocycles. The normalized spacial score (nSPS) is 18.7. The van der Waals surface area contributed by atoms with E-state index in [9.17, 15) is 14.0 Å². The van der Waals surface area contributed by atoms with Gasteiger partial charge in [0.1, 0.15) is 5.82 Å². The minimum absolute atomic E-state index is 0.0199. The smallest absolute Gasteiger partial charge is 0.227 e. The maximum absolute atomic E-state index is 13.5. The van der Waals surface area contributed by atoms with Crippen LogP contribution in [0.1, 0.15) is 13.3 Å². The molecule has 1 aliphatic heterocycles. The minimum atomic E-state index is -0.611. The third-order valence-electron chi connectivity index (χ3n) is 3.01. The van der Waals surface area contributed by atoms with Crippen LogP contribution >= 0.6 is 35.0 Å². The molecule has 0 aromatic heterocycles. The van der Waals surface area contributed by atoms with Crippen LogP contribution in [0.15, 0.2) is 12.1 Å². The lowest BCUT2D eigenvalue weighted by Crippen LogP contribution is -2.25. The maximum Gasteiger partial charge on any atom is 0.227 e. The van der Waals surface area contributed by atoms with Crippen molar-refractivity contribution >= 4 is 51.7 Å². The molecule has 1 unspecified atom stereocenters. The molecule has 0 bridgehead atoms. The van der Waals surface area contributed by atoms with E-state index < -0.39 is 5.82 Å². The Morgan fingerprint density at radius 2 is 2.15 bits per heavy atom. The van der Waals surface area contributed by atoms with Crippen LogP contribution in [0.4, 0.5) is 10.1 Å². The van der Waals surface area contributed by atoms with Crippen molar-refractivity contribution < 1.29 is 14.0 Å². The zero-order chi connectivity index (χ0) is 14.9. The van der Waals surface area contributed by atoms with Crippen molar-refractivity contribution in [3.8, 4) is 0 Å². The average Bonchev–Trinajstić information content (AvgIpc) is 2.72. The number of carbonyl (C=O) groups is 2. The molecule has 0 saturated carbocycles. The molecular formula is C13H12Cl2FNO2S. The highest BCUT2D eigenvalue weighted by atomic mass is 35.5. The molecule has 108 valence electrons. The number of nitrogens with zero attached hydrogens (tertiary/aromatic N) is 1. The largest absolute Gasteiger partial charge is 0.311 e. The topological polar surface area (TPSA) is 37.4 Å². The Balaban J connectivity index is 2.16. The van der Waals surface area contributed by atoms with Crippen LogP contribution in [0, 0.1) is 11.7 Å². The molecule has 1 heterocycles. The molecular weight excluding hydrogens is 324 g/mol. The Morgan fingerprint density at radius 1 is 1.45 bits per heavy atom. The number of rotatable bonds is 3. The van der Waals surface area contributed by atoms with Crippen LogP contribution in [0.25, 0.3) is 0 Å². The van der Waals surface area contributed by atoms with Gasteiger partial charge < -0.3 is 4.90 Å². The number of halogens is 3. The Morgan fingerprint density at radius 3 is 2.80 bits per heavy atom. The first-order chi connectivity index (χ1) is 9.38. The van der Waals surface area contributed by atoms with Crippen LogP contribution in [-0.4, -0.2) is 23.3 Å². The molecule has 1 fully saturated rings. The number of thioether (sulfide) groups is 1. The van der Waals surface area contributed by atoms with E-state index >= 15 is 0 Å². The highest BCUT2D eigenvalue weighted by Crippen LogP contribution is 2.35. The zero-order valence-electron chi connectivity index (χ0n) is 10.7. The lowest BCUT2D eigenvalue weighted by atomic mass is 10.1. The molecule has 1 aliphatic rings. The number of amides is 1. The first kappa shape index (κ1) is 15.6. The van der Waals surface area contributed by atoms with E-state index in [4.69, 9.17) is 23.2 Å². The summed E-state index contributed by atoms with van der Waals surface area (Å²) in [6, 6.07) is 2.46. The summed E-state index contributed by atoms with van der Waals surface area (Å²) in [6.45, 7) is 1.92. The molecule has 0 N–H and O–H groups in total. The third kappa shape index (κ3) is 3.45. The highest BCUT2D eigenvalue weighted by molar-refractivity contribution is 8.13. The quantitative estimate of drug-likeness (QED) is 0.789. The van der Waals surface area contributed by atoms with E-state index in [0.29, 0.717) is 24.4 Å². The fourth-order valence-corrected chi connectivity index (χ4v) is 3.26. The second-order valence-electron chi connectivity index (χ2n) is 4.59. The summed E-state index contributed by atoms with van der Waals surface area (Å²) < 4.78 is 13.5. The van der Waals surface area contributed by atoms with Crippen LogP contribution in [-0.2, 0) is 9.59 Å². The van der Waals surface area contributed by atoms with Gasteiger partial charge in [0, 0.05) is 31.7 Å². The molecule has 0 radical (unpaired) electrons. The predicted molar refractivity (Wildman–Crippen MR) is 80.0 cm³/mol. The van der Waals surface area contributed by atoms with Crippen LogP contribution in [0.2, 0.25) is 10.0 Å². The van der Waals surface area contributed by atoms with Gasteiger partial charge >= 0.3 is 0 Å². The lowest BCUT2D eigenvalue weighted by Gasteiger charge is -2.18. The van der Waals surface area contributed by atoms with Crippen molar-refractivity contribution in [2.24, 2.45) is 5.92 Å². The summed E-state index contributed by atoms with van der Waals surface area (Å²) in [5, 5.41) is 0.185. The summed E-state index contributed by atoms with van der Waals surface area (Å²) in [7, 11) is 0. The first-order valence-electron chi connectivity index (χ1n) is 5.96. The molecule has 2 rings (SSSR count). The van der Waals surface area contributed by atoms with Crippen LogP contribution < -0.4 is 4.90 Å². The number of carbonyl (C=O) groups excluding carboxylic acids is 2. The van der Waals surface area contributed by atoms with Gasteiger partial charge in [-0.15, -0.1) is 0 Å². The van der Waals surface area contributed by atoms with Crippen molar-refractivity contribution in [2.45, 2.75) is 13.3 Å². The zero-order valence-corrected chi connectivity index (χ0v) is 13.0. The number of hydrogen-bond acceptors (Lipinski definition) is 3.